The topological polar surface area (TPSA) is 276 Å². The molecule has 14 rings (SSSR count). The molecule has 14 aliphatic heterocycles. The number of ether oxygens (including phenoxy) is 1. The molecule has 428 valence electrons. The fourth-order valence-electron chi connectivity index (χ4n) is 11.4. The van der Waals surface area contributed by atoms with Crippen molar-refractivity contribution in [3.8, 4) is 0 Å². The lowest BCUT2D eigenvalue weighted by Crippen LogP contribution is -2.91. The second kappa shape index (κ2) is 18.4. The van der Waals surface area contributed by atoms with E-state index in [-0.39, 0.29) is 12.6 Å². The Balaban J connectivity index is 0.000000139. The van der Waals surface area contributed by atoms with E-state index in [1.807, 2.05) is 85.1 Å². The van der Waals surface area contributed by atoms with Crippen LogP contribution in [0.25, 0.3) is 0 Å². The van der Waals surface area contributed by atoms with Gasteiger partial charge in [0, 0.05) is 44.9 Å². The number of hydrogen-bond donors (Lipinski definition) is 0. The molecule has 0 saturated carbocycles. The summed E-state index contributed by atoms with van der Waals surface area (Å²) in [7, 11) is -61.9. The van der Waals surface area contributed by atoms with Gasteiger partial charge in [0.1, 0.15) is 6.61 Å². The highest BCUT2D eigenvalue weighted by molar-refractivity contribution is 7.14. The van der Waals surface area contributed by atoms with Crippen LogP contribution in [0.3, 0.4) is 0 Å². The third kappa shape index (κ3) is 9.35. The minimum Gasteiger partial charge on any atom is -0.458 e. The van der Waals surface area contributed by atoms with Gasteiger partial charge < -0.3 is 117 Å². The number of carbonyl (C=O) groups is 1. The monoisotopic (exact) mass is 1400 g/mol. The minimum atomic E-state index is -4.08. The zero-order valence-corrected chi connectivity index (χ0v) is 64.5. The van der Waals surface area contributed by atoms with E-state index in [2.05, 4.69) is 31.1 Å². The van der Waals surface area contributed by atoms with Gasteiger partial charge in [0.05, 0.1) is 0 Å². The molecule has 0 aliphatic carbocycles. The number of fused-ring (bicyclic) bond motifs is 8. The quantitative estimate of drug-likeness (QED) is 0.133. The van der Waals surface area contributed by atoms with Gasteiger partial charge in [-0.2, -0.15) is 0 Å². The Labute approximate surface area is 463 Å². The zero-order chi connectivity index (χ0) is 55.4. The van der Waals surface area contributed by atoms with Crippen LogP contribution >= 0.6 is 0 Å². The molecule has 14 unspecified atom stereocenters. The van der Waals surface area contributed by atoms with Crippen molar-refractivity contribution >= 4 is 174 Å². The average molecular weight is 1400 g/mol. The van der Waals surface area contributed by atoms with Gasteiger partial charge in [0.25, 0.3) is 0 Å². The van der Waals surface area contributed by atoms with E-state index >= 15 is 0 Å². The van der Waals surface area contributed by atoms with Gasteiger partial charge in [-0.3, -0.25) is 0 Å². The van der Waals surface area contributed by atoms with Crippen molar-refractivity contribution in [1.82, 2.24) is 0 Å². The number of esters is 1. The maximum absolute atomic E-state index is 10.5. The Morgan fingerprint density at radius 1 is 0.434 bits per heavy atom. The predicted molar refractivity (Wildman–Crippen MR) is 293 cm³/mol. The van der Waals surface area contributed by atoms with E-state index in [0.29, 0.717) is 5.57 Å². The lowest BCUT2D eigenvalue weighted by Gasteiger charge is -2.59. The molecule has 0 aromatic heterocycles. The van der Waals surface area contributed by atoms with Crippen LogP contribution in [0.1, 0.15) is 6.92 Å². The van der Waals surface area contributed by atoms with Gasteiger partial charge in [0.15, 0.2) is 48.5 Å². The molecule has 29 nitrogen and oxygen atoms in total. The highest BCUT2D eigenvalue weighted by Crippen LogP contribution is 2.62. The fraction of sp³-hybridized carbons (Fsp3) is 0.750. The molecule has 14 heterocycles. The Hall–Kier alpha value is 1.73. The highest BCUT2D eigenvalue weighted by Gasteiger charge is 2.98. The van der Waals surface area contributed by atoms with Crippen LogP contribution in [0.5, 0.6) is 0 Å². The van der Waals surface area contributed by atoms with Gasteiger partial charge in [-0.25, -0.2) is 4.79 Å². The van der Waals surface area contributed by atoms with Crippen LogP contribution in [0.4, 0.5) is 0 Å². The van der Waals surface area contributed by atoms with E-state index in [9.17, 15) is 4.79 Å². The standard InChI is InChI=1S/C11H32O15Si11.C8H20O12Si8.C7H10O2.C2H4/c1-27(2)14-33-11-13-36(15-28(3)4)22-32(9)17-30(7)10-12-31(8,19-34(10,20-32)23-33)21-37(24-33,16-29(5)6)26-35(11,18-30)25-36;1-21-7-9-23(3)16-26(6)12-22(2)8-10-24(4,18-28(8,13-21)20-26)15-25(5,11-21)19-27(7,14-22)17-23;1-4-5-9-7(8)6(2)3;1-2/h10-11,27-29H,1-9H3;7-8H,1-6H3;4H,1-2,5H2,3H3;1-2H2/t10?,11?,30?,31?,32-,33+,34-,35?,36?,37?;7?,8?,21-,22?,23?,24?,25?,26-,27?,28+;;/m10../s1. The second-order valence-electron chi connectivity index (χ2n) is 21.4. The first kappa shape index (κ1) is 59.5. The first-order valence-corrected chi connectivity index (χ1v) is 65.8. The average Bonchev–Trinajstić information content (AvgIpc) is 3.89. The van der Waals surface area contributed by atoms with E-state index in [1.54, 1.807) is 20.0 Å². The largest absolute Gasteiger partial charge is 0.654 e. The Kier molecular flexibility index (Phi) is 14.4. The molecule has 14 aliphatic rings. The fourth-order valence-corrected chi connectivity index (χ4v) is 126. The normalized spacial score (nSPS) is 56.8. The van der Waals surface area contributed by atoms with Crippen molar-refractivity contribution in [2.45, 2.75) is 127 Å². The third-order valence-corrected chi connectivity index (χ3v) is 96.4. The van der Waals surface area contributed by atoms with Crippen molar-refractivity contribution in [2.75, 3.05) is 6.61 Å². The third-order valence-electron chi connectivity index (χ3n) is 12.7. The summed E-state index contributed by atoms with van der Waals surface area (Å²) in [5, 5.41) is -2.93. The van der Waals surface area contributed by atoms with Crippen molar-refractivity contribution in [3.05, 3.63) is 38.0 Å². The van der Waals surface area contributed by atoms with E-state index < -0.39 is 189 Å². The molecule has 0 aromatic rings. The lowest BCUT2D eigenvalue weighted by molar-refractivity contribution is -0.137. The molecule has 0 aromatic carbocycles. The molecule has 76 heavy (non-hydrogen) atoms. The molecule has 14 fully saturated rings. The molecule has 16 bridgehead atoms. The van der Waals surface area contributed by atoms with Crippen LogP contribution < -0.4 is 0 Å². The maximum Gasteiger partial charge on any atom is 0.654 e. The number of hydrogen-bond acceptors (Lipinski definition) is 29. The SMILES string of the molecule is C=C.C=CCOC(=O)C(=C)C.C[SiH](C)O[Si]12OC3[Si]4(O1)O[Si]1(O[SiH](C)C)O[Si]5(C)OC6[Si](C)(O4)O[Si@@](C)(O2)O[Si@@]6(O5)O[Si@]3(O[SiH](C)C)O1.C[Si]12OC3[Si]4(O1)O[Si]1(C)O[Si]5(C)OC6[Si](C)(O4)O[Si@@](C)(O2)O[Si@@]6(O5)O[Si@]3(C)O1. The van der Waals surface area contributed by atoms with Crippen molar-refractivity contribution in [1.29, 1.82) is 0 Å². The van der Waals surface area contributed by atoms with Crippen molar-refractivity contribution in [2.24, 2.45) is 0 Å². The van der Waals surface area contributed by atoms with Crippen molar-refractivity contribution in [3.63, 3.8) is 0 Å². The zero-order valence-electron chi connectivity index (χ0n) is 45.0. The molecule has 48 heteroatoms. The molecule has 20 atom stereocenters. The van der Waals surface area contributed by atoms with Crippen LogP contribution in [0.2, 0.25) is 98.2 Å². The predicted octanol–water partition coefficient (Wildman–Crippen LogP) is 0.637. The van der Waals surface area contributed by atoms with E-state index in [0.717, 1.165) is 0 Å². The van der Waals surface area contributed by atoms with Gasteiger partial charge in [-0.1, -0.05) is 19.2 Å². The summed E-state index contributed by atoms with van der Waals surface area (Å²) < 4.78 is 184. The number of rotatable bonds is 9. The highest BCUT2D eigenvalue weighted by atomic mass is 28.7. The van der Waals surface area contributed by atoms with E-state index in [1.165, 1.54) is 6.08 Å². The summed E-state index contributed by atoms with van der Waals surface area (Å²) in [6.07, 6.45) is 1.51. The summed E-state index contributed by atoms with van der Waals surface area (Å²) in [4.78, 5) is 10.5. The van der Waals surface area contributed by atoms with E-state index in [4.69, 9.17) is 112 Å². The molecular weight excluding hydrogens is 1330 g/mol. The lowest BCUT2D eigenvalue weighted by atomic mass is 10.4. The second-order valence-corrected chi connectivity index (χ2v) is 78.8. The van der Waals surface area contributed by atoms with Gasteiger partial charge in [-0.05, 0) is 65.8 Å². The summed E-state index contributed by atoms with van der Waals surface area (Å²) >= 11 is 0. The minimum absolute atomic E-state index is 0.256. The van der Waals surface area contributed by atoms with Crippen LogP contribution in [0, 0.1) is 0 Å². The summed E-state index contributed by atoms with van der Waals surface area (Å²) in [5.41, 5.74) is 0.414. The van der Waals surface area contributed by atoms with Crippen LogP contribution in [0.15, 0.2) is 38.0 Å². The van der Waals surface area contributed by atoms with Crippen molar-refractivity contribution < 1.29 is 122 Å². The van der Waals surface area contributed by atoms with Gasteiger partial charge in [0.2, 0.25) is 0 Å². The molecule has 14 saturated heterocycles. The molecular formula is C28H66O29Si19. The molecule has 0 amide bonds. The molecule has 4 spiro atoms. The smallest absolute Gasteiger partial charge is 0.458 e. The van der Waals surface area contributed by atoms with Gasteiger partial charge in [-0.15, -0.1) is 13.2 Å². The maximum atomic E-state index is 10.5. The molecule has 0 N–H and O–H groups in total. The van der Waals surface area contributed by atoms with Gasteiger partial charge >= 0.3 is 147 Å². The van der Waals surface area contributed by atoms with Crippen LogP contribution in [-0.2, 0) is 122 Å². The number of carbonyl (C=O) groups excluding carboxylic acids is 1. The van der Waals surface area contributed by atoms with Crippen LogP contribution in [-0.4, -0.2) is 202 Å². The summed E-state index contributed by atoms with van der Waals surface area (Å²) in [6, 6.07) is 0. The Morgan fingerprint density at radius 2 is 0.789 bits per heavy atom. The summed E-state index contributed by atoms with van der Waals surface area (Å²) in [6.45, 7) is 43.3. The summed E-state index contributed by atoms with van der Waals surface area (Å²) in [5.74, 6) is -0.366. The first-order valence-electron chi connectivity index (χ1n) is 24.6. The Morgan fingerprint density at radius 3 is 1.21 bits per heavy atom. The first-order chi connectivity index (χ1) is 34.9. The molecule has 0 radical (unpaired) electrons. The Bertz CT molecular complexity index is 2410.